The summed E-state index contributed by atoms with van der Waals surface area (Å²) in [6, 6.07) is 4.40. The summed E-state index contributed by atoms with van der Waals surface area (Å²) in [7, 11) is 1.31. The summed E-state index contributed by atoms with van der Waals surface area (Å²) < 4.78 is 41.1. The summed E-state index contributed by atoms with van der Waals surface area (Å²) in [5, 5.41) is 5.72. The van der Waals surface area contributed by atoms with Crippen LogP contribution in [0.15, 0.2) is 17.5 Å². The fraction of sp³-hybridized carbons (Fsp3) is 0.538. The van der Waals surface area contributed by atoms with Gasteiger partial charge in [0.25, 0.3) is 0 Å². The van der Waals surface area contributed by atoms with Crippen LogP contribution < -0.4 is 4.90 Å². The molecule has 2 atom stereocenters. The molecule has 0 aromatic carbocycles. The average Bonchev–Trinajstić information content (AvgIpc) is 3.14. The van der Waals surface area contributed by atoms with E-state index in [2.05, 4.69) is 11.2 Å². The second kappa shape index (κ2) is 5.78. The Balaban J connectivity index is 1.86. The maximum Gasteiger partial charge on any atom is 0.451 e. The number of quaternary nitrogens is 1. The zero-order valence-electron chi connectivity index (χ0n) is 11.9. The lowest BCUT2D eigenvalue weighted by Crippen LogP contribution is -3.09. The van der Waals surface area contributed by atoms with Gasteiger partial charge in [-0.1, -0.05) is 6.07 Å². The van der Waals surface area contributed by atoms with Crippen molar-refractivity contribution >= 4 is 23.6 Å². The molecular formula is C13H16F3N4S2+. The Morgan fingerprint density at radius 2 is 2.27 bits per heavy atom. The summed E-state index contributed by atoms with van der Waals surface area (Å²) in [4.78, 5) is 2.48. The van der Waals surface area contributed by atoms with E-state index in [4.69, 9.17) is 12.2 Å². The molecule has 120 valence electrons. The average molecular weight is 349 g/mol. The lowest BCUT2D eigenvalue weighted by molar-refractivity contribution is -0.941. The third-order valence-corrected chi connectivity index (χ3v) is 5.49. The van der Waals surface area contributed by atoms with Gasteiger partial charge in [0.2, 0.25) is 10.6 Å². The Bertz CT molecular complexity index is 702. The largest absolute Gasteiger partial charge is 0.451 e. The van der Waals surface area contributed by atoms with Crippen LogP contribution in [0.4, 0.5) is 13.2 Å². The van der Waals surface area contributed by atoms with Crippen molar-refractivity contribution in [2.75, 3.05) is 6.54 Å². The van der Waals surface area contributed by atoms with Gasteiger partial charge in [0.1, 0.15) is 6.04 Å². The number of nitrogens with one attached hydrogen (secondary N) is 1. The summed E-state index contributed by atoms with van der Waals surface area (Å²) in [6.45, 7) is 1.29. The molecule has 0 amide bonds. The number of nitrogens with zero attached hydrogens (tertiary/aromatic N) is 3. The SMILES string of the molecule is Cn1c(C(F)(F)F)nn(C[NH+]2CCC[C@@H]2c2cccs2)c1=S. The van der Waals surface area contributed by atoms with Gasteiger partial charge >= 0.3 is 6.18 Å². The molecule has 1 fully saturated rings. The van der Waals surface area contributed by atoms with Crippen molar-refractivity contribution < 1.29 is 18.1 Å². The number of thiophene rings is 1. The van der Waals surface area contributed by atoms with Crippen LogP contribution in [0.2, 0.25) is 0 Å². The van der Waals surface area contributed by atoms with E-state index in [1.807, 2.05) is 11.4 Å². The molecule has 1 N–H and O–H groups in total. The molecule has 22 heavy (non-hydrogen) atoms. The lowest BCUT2D eigenvalue weighted by atomic mass is 10.2. The minimum absolute atomic E-state index is 0.108. The molecule has 2 aromatic heterocycles. The number of alkyl halides is 3. The van der Waals surface area contributed by atoms with Crippen molar-refractivity contribution in [3.8, 4) is 0 Å². The molecule has 0 radical (unpaired) electrons. The van der Waals surface area contributed by atoms with Crippen molar-refractivity contribution in [3.05, 3.63) is 33.0 Å². The van der Waals surface area contributed by atoms with Crippen molar-refractivity contribution in [2.45, 2.75) is 31.7 Å². The molecule has 2 aromatic rings. The number of likely N-dealkylation sites (tertiary alicyclic amines) is 1. The topological polar surface area (TPSA) is 27.2 Å². The molecule has 0 saturated carbocycles. The molecule has 1 saturated heterocycles. The number of rotatable bonds is 3. The summed E-state index contributed by atoms with van der Waals surface area (Å²) in [5.74, 6) is -0.941. The number of halogens is 3. The smallest absolute Gasteiger partial charge is 0.309 e. The minimum atomic E-state index is -4.49. The Hall–Kier alpha value is -1.19. The molecule has 0 aliphatic carbocycles. The van der Waals surface area contributed by atoms with E-state index in [9.17, 15) is 13.2 Å². The fourth-order valence-corrected chi connectivity index (χ4v) is 4.08. The van der Waals surface area contributed by atoms with E-state index in [1.165, 1.54) is 21.5 Å². The first-order chi connectivity index (χ1) is 10.4. The highest BCUT2D eigenvalue weighted by Crippen LogP contribution is 2.27. The molecule has 0 bridgehead atoms. The minimum Gasteiger partial charge on any atom is -0.309 e. The number of hydrogen-bond acceptors (Lipinski definition) is 3. The summed E-state index contributed by atoms with van der Waals surface area (Å²) in [6.07, 6.45) is -2.38. The predicted molar refractivity (Wildman–Crippen MR) is 79.2 cm³/mol. The number of hydrogen-bond donors (Lipinski definition) is 1. The molecule has 4 nitrogen and oxygen atoms in total. The third kappa shape index (κ3) is 2.84. The van der Waals surface area contributed by atoms with Crippen molar-refractivity contribution in [2.24, 2.45) is 7.05 Å². The molecule has 9 heteroatoms. The normalized spacial score (nSPS) is 22.4. The first-order valence-electron chi connectivity index (χ1n) is 6.97. The van der Waals surface area contributed by atoms with Gasteiger partial charge in [0, 0.05) is 19.9 Å². The number of aromatic nitrogens is 3. The van der Waals surface area contributed by atoms with Crippen LogP contribution in [-0.2, 0) is 19.9 Å². The Morgan fingerprint density at radius 1 is 1.50 bits per heavy atom. The van der Waals surface area contributed by atoms with Crippen LogP contribution in [0.25, 0.3) is 0 Å². The predicted octanol–water partition coefficient (Wildman–Crippen LogP) is 2.41. The van der Waals surface area contributed by atoms with Crippen LogP contribution in [0, 0.1) is 4.77 Å². The quantitative estimate of drug-likeness (QED) is 0.862. The van der Waals surface area contributed by atoms with Crippen molar-refractivity contribution in [1.82, 2.24) is 14.3 Å². The molecule has 3 rings (SSSR count). The zero-order valence-corrected chi connectivity index (χ0v) is 13.6. The lowest BCUT2D eigenvalue weighted by Gasteiger charge is -2.20. The highest BCUT2D eigenvalue weighted by atomic mass is 32.1. The van der Waals surface area contributed by atoms with E-state index in [1.54, 1.807) is 11.3 Å². The molecule has 1 aliphatic rings. The van der Waals surface area contributed by atoms with Crippen LogP contribution in [0.3, 0.4) is 0 Å². The van der Waals surface area contributed by atoms with Crippen LogP contribution in [-0.4, -0.2) is 20.9 Å². The Labute approximate surface area is 134 Å². The van der Waals surface area contributed by atoms with E-state index >= 15 is 0 Å². The van der Waals surface area contributed by atoms with Gasteiger partial charge < -0.3 is 4.90 Å². The van der Waals surface area contributed by atoms with Gasteiger partial charge in [-0.2, -0.15) is 17.9 Å². The standard InChI is InChI=1S/C13H15F3N4S2/c1-18-11(13(14,15)16)17-20(12(18)21)8-19-6-2-4-9(19)10-5-3-7-22-10/h3,5,7,9H,2,4,6,8H2,1H3/p+1/t9-/m1/s1. The van der Waals surface area contributed by atoms with E-state index in [-0.39, 0.29) is 4.77 Å². The fourth-order valence-electron chi connectivity index (χ4n) is 2.96. The Kier molecular flexibility index (Phi) is 4.13. The monoisotopic (exact) mass is 349 g/mol. The second-order valence-electron chi connectivity index (χ2n) is 5.44. The zero-order chi connectivity index (χ0) is 15.9. The third-order valence-electron chi connectivity index (χ3n) is 4.02. The van der Waals surface area contributed by atoms with E-state index in [0.29, 0.717) is 12.7 Å². The van der Waals surface area contributed by atoms with Crippen LogP contribution >= 0.6 is 23.6 Å². The van der Waals surface area contributed by atoms with Gasteiger partial charge in [-0.25, -0.2) is 0 Å². The van der Waals surface area contributed by atoms with E-state index in [0.717, 1.165) is 24.0 Å². The van der Waals surface area contributed by atoms with Crippen molar-refractivity contribution in [3.63, 3.8) is 0 Å². The highest BCUT2D eigenvalue weighted by Gasteiger charge is 2.38. The van der Waals surface area contributed by atoms with Gasteiger partial charge in [0.05, 0.1) is 11.4 Å². The maximum absolute atomic E-state index is 12.9. The van der Waals surface area contributed by atoms with Crippen molar-refractivity contribution in [1.29, 1.82) is 0 Å². The van der Waals surface area contributed by atoms with E-state index < -0.39 is 12.0 Å². The van der Waals surface area contributed by atoms with Gasteiger partial charge in [-0.3, -0.25) is 4.57 Å². The van der Waals surface area contributed by atoms with Gasteiger partial charge in [-0.05, 0) is 23.7 Å². The molecule has 1 unspecified atom stereocenters. The maximum atomic E-state index is 12.9. The summed E-state index contributed by atoms with van der Waals surface area (Å²) >= 11 is 6.80. The van der Waals surface area contributed by atoms with Gasteiger partial charge in [0.15, 0.2) is 6.67 Å². The molecular weight excluding hydrogens is 333 g/mol. The second-order valence-corrected chi connectivity index (χ2v) is 6.78. The van der Waals surface area contributed by atoms with Crippen LogP contribution in [0.1, 0.15) is 29.6 Å². The van der Waals surface area contributed by atoms with Crippen LogP contribution in [0.5, 0.6) is 0 Å². The first kappa shape index (κ1) is 15.7. The summed E-state index contributed by atoms with van der Waals surface area (Å²) in [5.41, 5.74) is 0. The Morgan fingerprint density at radius 3 is 2.86 bits per heavy atom. The highest BCUT2D eigenvalue weighted by molar-refractivity contribution is 7.71. The molecule has 3 heterocycles. The molecule has 1 aliphatic heterocycles. The van der Waals surface area contributed by atoms with Gasteiger partial charge in [-0.15, -0.1) is 16.4 Å². The first-order valence-corrected chi connectivity index (χ1v) is 8.25. The molecule has 0 spiro atoms.